The van der Waals surface area contributed by atoms with Crippen molar-refractivity contribution in [1.29, 1.82) is 0 Å². The van der Waals surface area contributed by atoms with E-state index in [9.17, 15) is 25.2 Å². The van der Waals surface area contributed by atoms with Gasteiger partial charge in [-0.05, 0) is 38.5 Å². The fraction of sp³-hybridized carbons (Fsp3) is 0.762. The Bertz CT molecular complexity index is 410. The minimum Gasteiger partial charge on any atom is -0.550 e. The number of hydrogen-bond donors (Lipinski definition) is 3. The van der Waals surface area contributed by atoms with Gasteiger partial charge in [0.05, 0.1) is 13.2 Å². The molecule has 2 atom stereocenters. The zero-order chi connectivity index (χ0) is 20.5. The highest BCUT2D eigenvalue weighted by Gasteiger charge is 2.32. The third-order valence-corrected chi connectivity index (χ3v) is 4.70. The SMILES string of the molecule is CC/C=C/CCC(O)C[N+](CCO)(CCC(=O)[O-])CC(O)CC/C=C/CC. The summed E-state index contributed by atoms with van der Waals surface area (Å²) in [5.74, 6) is -1.16. The molecule has 0 aliphatic carbocycles. The fourth-order valence-corrected chi connectivity index (χ4v) is 3.32. The van der Waals surface area contributed by atoms with E-state index in [-0.39, 0.29) is 24.1 Å². The van der Waals surface area contributed by atoms with E-state index in [1.807, 2.05) is 38.2 Å². The summed E-state index contributed by atoms with van der Waals surface area (Å²) >= 11 is 0. The topological polar surface area (TPSA) is 101 Å². The molecule has 6 heteroatoms. The molecule has 0 rings (SSSR count). The summed E-state index contributed by atoms with van der Waals surface area (Å²) in [6.45, 7) is 5.13. The molecular weight excluding hydrogens is 346 g/mol. The van der Waals surface area contributed by atoms with Gasteiger partial charge < -0.3 is 29.7 Å². The van der Waals surface area contributed by atoms with Crippen molar-refractivity contribution in [3.8, 4) is 0 Å². The summed E-state index contributed by atoms with van der Waals surface area (Å²) in [5.41, 5.74) is 0. The van der Waals surface area contributed by atoms with Gasteiger partial charge in [-0.2, -0.15) is 0 Å². The number of rotatable bonds is 17. The molecule has 0 fully saturated rings. The number of carbonyl (C=O) groups is 1. The summed E-state index contributed by atoms with van der Waals surface area (Å²) in [6, 6.07) is 0. The lowest BCUT2D eigenvalue weighted by atomic mass is 10.1. The smallest absolute Gasteiger partial charge is 0.105 e. The molecule has 27 heavy (non-hydrogen) atoms. The number of aliphatic hydroxyl groups excluding tert-OH is 3. The third kappa shape index (κ3) is 13.6. The predicted octanol–water partition coefficient (Wildman–Crippen LogP) is 1.15. The van der Waals surface area contributed by atoms with Gasteiger partial charge in [0, 0.05) is 12.4 Å². The van der Waals surface area contributed by atoms with Crippen LogP contribution < -0.4 is 5.11 Å². The number of carbonyl (C=O) groups excluding carboxylic acids is 1. The first-order valence-electron chi connectivity index (χ1n) is 10.2. The van der Waals surface area contributed by atoms with Gasteiger partial charge in [-0.3, -0.25) is 0 Å². The van der Waals surface area contributed by atoms with E-state index in [4.69, 9.17) is 0 Å². The van der Waals surface area contributed by atoms with Crippen LogP contribution in [0.15, 0.2) is 24.3 Å². The van der Waals surface area contributed by atoms with Crippen molar-refractivity contribution in [1.82, 2.24) is 0 Å². The van der Waals surface area contributed by atoms with Crippen molar-refractivity contribution in [3.05, 3.63) is 24.3 Å². The minimum atomic E-state index is -1.16. The van der Waals surface area contributed by atoms with Gasteiger partial charge in [-0.25, -0.2) is 0 Å². The maximum atomic E-state index is 11.0. The molecule has 0 saturated carbocycles. The molecule has 0 saturated heterocycles. The molecule has 0 spiro atoms. The minimum absolute atomic E-state index is 0.127. The van der Waals surface area contributed by atoms with Gasteiger partial charge in [0.2, 0.25) is 0 Å². The largest absolute Gasteiger partial charge is 0.550 e. The molecule has 2 unspecified atom stereocenters. The molecule has 0 aliphatic heterocycles. The molecule has 0 aromatic rings. The molecule has 158 valence electrons. The van der Waals surface area contributed by atoms with Gasteiger partial charge in [-0.1, -0.05) is 38.2 Å². The zero-order valence-electron chi connectivity index (χ0n) is 17.1. The van der Waals surface area contributed by atoms with Crippen LogP contribution >= 0.6 is 0 Å². The number of carboxylic acids is 1. The molecule has 0 aromatic heterocycles. The number of hydrogen-bond acceptors (Lipinski definition) is 5. The monoisotopic (exact) mass is 385 g/mol. The molecule has 0 amide bonds. The van der Waals surface area contributed by atoms with Crippen molar-refractivity contribution in [3.63, 3.8) is 0 Å². The summed E-state index contributed by atoms with van der Waals surface area (Å²) in [7, 11) is 0. The first kappa shape index (κ1) is 25.8. The Morgan fingerprint density at radius 2 is 1.41 bits per heavy atom. The lowest BCUT2D eigenvalue weighted by Gasteiger charge is -2.41. The van der Waals surface area contributed by atoms with Crippen molar-refractivity contribution in [2.75, 3.05) is 32.8 Å². The number of carboxylic acid groups (broad SMARTS) is 1. The van der Waals surface area contributed by atoms with Crippen LogP contribution in [0.3, 0.4) is 0 Å². The van der Waals surface area contributed by atoms with Crippen LogP contribution in [0.5, 0.6) is 0 Å². The maximum Gasteiger partial charge on any atom is 0.105 e. The van der Waals surface area contributed by atoms with Crippen LogP contribution in [0.4, 0.5) is 0 Å². The lowest BCUT2D eigenvalue weighted by molar-refractivity contribution is -0.933. The Morgan fingerprint density at radius 1 is 0.926 bits per heavy atom. The van der Waals surface area contributed by atoms with Crippen molar-refractivity contribution in [2.24, 2.45) is 0 Å². The van der Waals surface area contributed by atoms with E-state index in [2.05, 4.69) is 0 Å². The molecule has 0 aliphatic rings. The molecule has 0 aromatic carbocycles. The first-order chi connectivity index (χ1) is 12.9. The van der Waals surface area contributed by atoms with Gasteiger partial charge in [0.15, 0.2) is 0 Å². The Labute approximate surface area is 164 Å². The van der Waals surface area contributed by atoms with Crippen LogP contribution in [-0.2, 0) is 4.79 Å². The second-order valence-corrected chi connectivity index (χ2v) is 7.22. The molecule has 3 N–H and O–H groups in total. The van der Waals surface area contributed by atoms with Crippen LogP contribution in [0.1, 0.15) is 58.8 Å². The number of allylic oxidation sites excluding steroid dienone is 4. The zero-order valence-corrected chi connectivity index (χ0v) is 17.1. The average molecular weight is 386 g/mol. The highest BCUT2D eigenvalue weighted by Crippen LogP contribution is 2.16. The average Bonchev–Trinajstić information content (AvgIpc) is 2.61. The first-order valence-corrected chi connectivity index (χ1v) is 10.2. The summed E-state index contributed by atoms with van der Waals surface area (Å²) < 4.78 is 0.182. The Hall–Kier alpha value is -1.21. The second-order valence-electron chi connectivity index (χ2n) is 7.22. The molecule has 0 radical (unpaired) electrons. The van der Waals surface area contributed by atoms with Crippen LogP contribution in [0.2, 0.25) is 0 Å². The normalized spacial score (nSPS) is 16.6. The number of quaternary nitrogens is 1. The lowest BCUT2D eigenvalue weighted by Crippen LogP contribution is -2.58. The highest BCUT2D eigenvalue weighted by atomic mass is 16.4. The molecule has 0 heterocycles. The van der Waals surface area contributed by atoms with E-state index in [1.54, 1.807) is 0 Å². The Balaban J connectivity index is 4.99. The van der Waals surface area contributed by atoms with Crippen molar-refractivity contribution in [2.45, 2.75) is 71.0 Å². The number of nitrogens with zero attached hydrogens (tertiary/aromatic N) is 1. The van der Waals surface area contributed by atoms with Crippen molar-refractivity contribution >= 4 is 5.97 Å². The van der Waals surface area contributed by atoms with Gasteiger partial charge >= 0.3 is 0 Å². The van der Waals surface area contributed by atoms with Gasteiger partial charge in [0.25, 0.3) is 0 Å². The van der Waals surface area contributed by atoms with E-state index >= 15 is 0 Å². The summed E-state index contributed by atoms with van der Waals surface area (Å²) in [5, 5.41) is 41.4. The quantitative estimate of drug-likeness (QED) is 0.258. The van der Waals surface area contributed by atoms with Crippen LogP contribution in [0, 0.1) is 0 Å². The summed E-state index contributed by atoms with van der Waals surface area (Å²) in [6.07, 6.45) is 11.3. The van der Waals surface area contributed by atoms with Crippen molar-refractivity contribution < 1.29 is 29.7 Å². The number of aliphatic carboxylic acids is 1. The molecule has 6 nitrogen and oxygen atoms in total. The second kappa shape index (κ2) is 15.8. The third-order valence-electron chi connectivity index (χ3n) is 4.70. The van der Waals surface area contributed by atoms with E-state index in [0.29, 0.717) is 32.5 Å². The Morgan fingerprint density at radius 3 is 1.78 bits per heavy atom. The highest BCUT2D eigenvalue weighted by molar-refractivity contribution is 5.64. The van der Waals surface area contributed by atoms with E-state index in [0.717, 1.165) is 25.7 Å². The maximum absolute atomic E-state index is 11.0. The number of aliphatic hydroxyl groups is 3. The molecular formula is C21H39NO5. The fourth-order valence-electron chi connectivity index (χ4n) is 3.32. The van der Waals surface area contributed by atoms with Gasteiger partial charge in [-0.15, -0.1) is 0 Å². The molecule has 0 bridgehead atoms. The van der Waals surface area contributed by atoms with E-state index < -0.39 is 18.2 Å². The van der Waals surface area contributed by atoms with E-state index in [1.165, 1.54) is 0 Å². The van der Waals surface area contributed by atoms with Crippen LogP contribution in [0.25, 0.3) is 0 Å². The van der Waals surface area contributed by atoms with Gasteiger partial charge in [0.1, 0.15) is 31.8 Å². The Kier molecular flexibility index (Phi) is 15.1. The summed E-state index contributed by atoms with van der Waals surface area (Å²) in [4.78, 5) is 11.0. The standard InChI is InChI=1S/C21H39NO5/c1-3-5-7-9-11-19(24)17-22(15-16-23,14-13-21(26)27)18-20(25)12-10-8-6-4-2/h5-8,19-20,23-25H,3-4,9-18H2,1-2H3/b7-5+,8-6+. The predicted molar refractivity (Wildman–Crippen MR) is 106 cm³/mol. The van der Waals surface area contributed by atoms with Crippen LogP contribution in [-0.4, -0.2) is 70.8 Å².